The van der Waals surface area contributed by atoms with Crippen LogP contribution in [0.5, 0.6) is 0 Å². The zero-order valence-electron chi connectivity index (χ0n) is 11.0. The van der Waals surface area contributed by atoms with Gasteiger partial charge in [-0.25, -0.2) is 4.98 Å². The smallest absolute Gasteiger partial charge is 0.254 e. The summed E-state index contributed by atoms with van der Waals surface area (Å²) in [5.74, 6) is 0.792. The van der Waals surface area contributed by atoms with E-state index in [-0.39, 0.29) is 11.6 Å². The van der Waals surface area contributed by atoms with Gasteiger partial charge in [-0.1, -0.05) is 30.3 Å². The topological polar surface area (TPSA) is 46.9 Å². The van der Waals surface area contributed by atoms with Gasteiger partial charge in [0.1, 0.15) is 5.82 Å². The molecule has 0 amide bonds. The molecule has 0 bridgehead atoms. The molecule has 1 aliphatic heterocycles. The average Bonchev–Trinajstić information content (AvgIpc) is 2.93. The molecule has 4 heteroatoms. The van der Waals surface area contributed by atoms with Crippen LogP contribution in [0, 0.1) is 6.92 Å². The van der Waals surface area contributed by atoms with Crippen molar-refractivity contribution in [2.75, 3.05) is 13.1 Å². The largest absolute Gasteiger partial charge is 0.315 e. The van der Waals surface area contributed by atoms with E-state index in [4.69, 9.17) is 0 Å². The third kappa shape index (κ3) is 2.31. The molecule has 1 atom stereocenters. The molecule has 2 aromatic rings. The Bertz CT molecular complexity index is 628. The minimum Gasteiger partial charge on any atom is -0.315 e. The van der Waals surface area contributed by atoms with Crippen LogP contribution >= 0.6 is 0 Å². The second kappa shape index (κ2) is 4.97. The Morgan fingerprint density at radius 2 is 2.11 bits per heavy atom. The molecule has 3 rings (SSSR count). The van der Waals surface area contributed by atoms with Gasteiger partial charge < -0.3 is 5.32 Å². The number of nitrogens with zero attached hydrogens (tertiary/aromatic N) is 2. The van der Waals surface area contributed by atoms with Crippen LogP contribution in [0.15, 0.2) is 41.2 Å². The number of aryl methyl sites for hydroxylation is 1. The van der Waals surface area contributed by atoms with Gasteiger partial charge in [0.05, 0.1) is 11.7 Å². The summed E-state index contributed by atoms with van der Waals surface area (Å²) >= 11 is 0. The number of benzene rings is 1. The number of hydrogen-bond donors (Lipinski definition) is 1. The van der Waals surface area contributed by atoms with Crippen molar-refractivity contribution in [3.8, 4) is 11.3 Å². The molecule has 0 saturated carbocycles. The minimum absolute atomic E-state index is 0.0417. The van der Waals surface area contributed by atoms with Gasteiger partial charge in [-0.05, 0) is 19.9 Å². The second-order valence-corrected chi connectivity index (χ2v) is 4.91. The summed E-state index contributed by atoms with van der Waals surface area (Å²) < 4.78 is 1.81. The first-order valence-corrected chi connectivity index (χ1v) is 6.62. The highest BCUT2D eigenvalue weighted by atomic mass is 16.1. The van der Waals surface area contributed by atoms with Gasteiger partial charge >= 0.3 is 0 Å². The zero-order chi connectivity index (χ0) is 13.2. The number of aromatic nitrogens is 2. The maximum atomic E-state index is 12.3. The van der Waals surface area contributed by atoms with E-state index < -0.39 is 0 Å². The van der Waals surface area contributed by atoms with Crippen molar-refractivity contribution in [1.29, 1.82) is 0 Å². The molecule has 4 nitrogen and oxygen atoms in total. The van der Waals surface area contributed by atoms with Crippen LogP contribution in [0.2, 0.25) is 0 Å². The average molecular weight is 255 g/mol. The fourth-order valence-corrected chi connectivity index (χ4v) is 2.67. The molecule has 1 aromatic heterocycles. The van der Waals surface area contributed by atoms with Gasteiger partial charge in [-0.3, -0.25) is 9.36 Å². The maximum Gasteiger partial charge on any atom is 0.254 e. The van der Waals surface area contributed by atoms with Gasteiger partial charge in [0, 0.05) is 18.2 Å². The Morgan fingerprint density at radius 3 is 2.74 bits per heavy atom. The summed E-state index contributed by atoms with van der Waals surface area (Å²) in [6.45, 7) is 3.73. The Labute approximate surface area is 112 Å². The molecule has 19 heavy (non-hydrogen) atoms. The number of nitrogens with one attached hydrogen (secondary N) is 1. The normalized spacial score (nSPS) is 18.7. The Kier molecular flexibility index (Phi) is 3.17. The van der Waals surface area contributed by atoms with E-state index in [1.54, 1.807) is 6.07 Å². The van der Waals surface area contributed by atoms with Gasteiger partial charge in [0.15, 0.2) is 0 Å². The van der Waals surface area contributed by atoms with Crippen molar-refractivity contribution in [3.63, 3.8) is 0 Å². The molecule has 1 saturated heterocycles. The number of rotatable bonds is 2. The van der Waals surface area contributed by atoms with E-state index in [9.17, 15) is 4.79 Å². The van der Waals surface area contributed by atoms with Crippen LogP contribution in [-0.4, -0.2) is 22.6 Å². The summed E-state index contributed by atoms with van der Waals surface area (Å²) in [5, 5.41) is 3.28. The lowest BCUT2D eigenvalue weighted by atomic mass is 10.1. The predicted molar refractivity (Wildman–Crippen MR) is 75.2 cm³/mol. The highest BCUT2D eigenvalue weighted by Gasteiger charge is 2.20. The first-order chi connectivity index (χ1) is 9.25. The molecule has 0 aliphatic carbocycles. The molecule has 1 aromatic carbocycles. The molecular formula is C15H17N3O. The Hall–Kier alpha value is -1.94. The third-order valence-corrected chi connectivity index (χ3v) is 3.60. The van der Waals surface area contributed by atoms with E-state index in [1.165, 1.54) is 0 Å². The molecule has 1 fully saturated rings. The van der Waals surface area contributed by atoms with Crippen molar-refractivity contribution in [2.45, 2.75) is 19.4 Å². The summed E-state index contributed by atoms with van der Waals surface area (Å²) in [7, 11) is 0. The highest BCUT2D eigenvalue weighted by Crippen LogP contribution is 2.18. The van der Waals surface area contributed by atoms with E-state index >= 15 is 0 Å². The van der Waals surface area contributed by atoms with Crippen LogP contribution in [0.3, 0.4) is 0 Å². The lowest BCUT2D eigenvalue weighted by Crippen LogP contribution is -2.28. The molecule has 1 N–H and O–H groups in total. The van der Waals surface area contributed by atoms with Gasteiger partial charge in [-0.15, -0.1) is 0 Å². The minimum atomic E-state index is 0.0417. The molecule has 98 valence electrons. The maximum absolute atomic E-state index is 12.3. The van der Waals surface area contributed by atoms with E-state index in [1.807, 2.05) is 41.8 Å². The van der Waals surface area contributed by atoms with Crippen LogP contribution in [0.4, 0.5) is 0 Å². The lowest BCUT2D eigenvalue weighted by molar-refractivity contribution is 0.506. The molecule has 2 heterocycles. The molecule has 0 spiro atoms. The van der Waals surface area contributed by atoms with Gasteiger partial charge in [0.2, 0.25) is 0 Å². The SMILES string of the molecule is Cc1nc(-c2ccccc2)cc(=O)n1C1CCNC1. The van der Waals surface area contributed by atoms with Crippen molar-refractivity contribution in [2.24, 2.45) is 0 Å². The highest BCUT2D eigenvalue weighted by molar-refractivity contribution is 5.58. The van der Waals surface area contributed by atoms with Crippen molar-refractivity contribution in [3.05, 3.63) is 52.6 Å². The van der Waals surface area contributed by atoms with E-state index in [0.29, 0.717) is 0 Å². The van der Waals surface area contributed by atoms with Crippen LogP contribution in [-0.2, 0) is 0 Å². The van der Waals surface area contributed by atoms with Crippen LogP contribution in [0.1, 0.15) is 18.3 Å². The van der Waals surface area contributed by atoms with Crippen LogP contribution in [0.25, 0.3) is 11.3 Å². The van der Waals surface area contributed by atoms with E-state index in [0.717, 1.165) is 36.6 Å². The summed E-state index contributed by atoms with van der Waals surface area (Å²) in [6, 6.07) is 11.7. The quantitative estimate of drug-likeness (QED) is 0.889. The van der Waals surface area contributed by atoms with Crippen molar-refractivity contribution < 1.29 is 0 Å². The molecule has 0 radical (unpaired) electrons. The zero-order valence-corrected chi connectivity index (χ0v) is 11.0. The Morgan fingerprint density at radius 1 is 1.32 bits per heavy atom. The third-order valence-electron chi connectivity index (χ3n) is 3.60. The van der Waals surface area contributed by atoms with Crippen molar-refractivity contribution in [1.82, 2.24) is 14.9 Å². The fourth-order valence-electron chi connectivity index (χ4n) is 2.67. The summed E-state index contributed by atoms with van der Waals surface area (Å²) in [5.41, 5.74) is 1.78. The first kappa shape index (κ1) is 12.1. The Balaban J connectivity index is 2.05. The molecular weight excluding hydrogens is 238 g/mol. The summed E-state index contributed by atoms with van der Waals surface area (Å²) in [6.07, 6.45) is 0.993. The molecule has 1 unspecified atom stereocenters. The number of hydrogen-bond acceptors (Lipinski definition) is 3. The first-order valence-electron chi connectivity index (χ1n) is 6.62. The predicted octanol–water partition coefficient (Wildman–Crippen LogP) is 1.75. The fraction of sp³-hybridized carbons (Fsp3) is 0.333. The van der Waals surface area contributed by atoms with E-state index in [2.05, 4.69) is 10.3 Å². The van der Waals surface area contributed by atoms with Gasteiger partial charge in [-0.2, -0.15) is 0 Å². The standard InChI is InChI=1S/C15H17N3O/c1-11-17-14(12-5-3-2-4-6-12)9-15(19)18(11)13-7-8-16-10-13/h2-6,9,13,16H,7-8,10H2,1H3. The summed E-state index contributed by atoms with van der Waals surface area (Å²) in [4.78, 5) is 16.9. The molecule has 1 aliphatic rings. The second-order valence-electron chi connectivity index (χ2n) is 4.91. The van der Waals surface area contributed by atoms with Crippen molar-refractivity contribution >= 4 is 0 Å². The van der Waals surface area contributed by atoms with Gasteiger partial charge in [0.25, 0.3) is 5.56 Å². The monoisotopic (exact) mass is 255 g/mol. The van der Waals surface area contributed by atoms with Crippen LogP contribution < -0.4 is 10.9 Å². The lowest BCUT2D eigenvalue weighted by Gasteiger charge is -2.16.